The summed E-state index contributed by atoms with van der Waals surface area (Å²) in [5.74, 6) is -0.0971. The van der Waals surface area contributed by atoms with Gasteiger partial charge in [-0.3, -0.25) is 9.59 Å². The average molecular weight is 416 g/mol. The number of amides is 2. The van der Waals surface area contributed by atoms with E-state index in [9.17, 15) is 9.59 Å². The molecule has 3 rings (SSSR count). The molecular formula is C19H21N5O2S2. The molecule has 7 nitrogen and oxygen atoms in total. The number of carbonyl (C=O) groups is 2. The van der Waals surface area contributed by atoms with Crippen LogP contribution in [0.2, 0.25) is 0 Å². The van der Waals surface area contributed by atoms with Gasteiger partial charge in [0.2, 0.25) is 17.0 Å². The van der Waals surface area contributed by atoms with Crippen molar-refractivity contribution >= 4 is 34.9 Å². The van der Waals surface area contributed by atoms with Crippen LogP contribution in [0.5, 0.6) is 0 Å². The summed E-state index contributed by atoms with van der Waals surface area (Å²) in [6, 6.07) is 13.6. The van der Waals surface area contributed by atoms with Crippen molar-refractivity contribution in [2.45, 2.75) is 18.6 Å². The Morgan fingerprint density at radius 2 is 2.04 bits per heavy atom. The highest BCUT2D eigenvalue weighted by Crippen LogP contribution is 2.15. The highest BCUT2D eigenvalue weighted by Gasteiger charge is 2.17. The van der Waals surface area contributed by atoms with E-state index in [1.54, 1.807) is 22.3 Å². The number of thiophene rings is 1. The van der Waals surface area contributed by atoms with Crippen molar-refractivity contribution in [1.82, 2.24) is 25.0 Å². The molecule has 0 atom stereocenters. The summed E-state index contributed by atoms with van der Waals surface area (Å²) in [6.07, 6.45) is 1.62. The van der Waals surface area contributed by atoms with Crippen molar-refractivity contribution in [3.8, 4) is 5.69 Å². The molecule has 28 heavy (non-hydrogen) atoms. The molecule has 1 N–H and O–H groups in total. The first kappa shape index (κ1) is 20.1. The SMILES string of the molecule is CCN(CC(=O)NCc1cccs1)C(=O)CSc1ncn(-c2ccccc2)n1. The maximum Gasteiger partial charge on any atom is 0.239 e. The molecule has 0 spiro atoms. The summed E-state index contributed by atoms with van der Waals surface area (Å²) in [6.45, 7) is 2.86. The van der Waals surface area contributed by atoms with Gasteiger partial charge in [0, 0.05) is 11.4 Å². The van der Waals surface area contributed by atoms with E-state index in [1.807, 2.05) is 54.8 Å². The molecule has 2 aromatic heterocycles. The van der Waals surface area contributed by atoms with Crippen LogP contribution in [0.1, 0.15) is 11.8 Å². The third-order valence-corrected chi connectivity index (χ3v) is 5.64. The molecule has 0 aliphatic rings. The van der Waals surface area contributed by atoms with E-state index in [1.165, 1.54) is 16.7 Å². The van der Waals surface area contributed by atoms with Gasteiger partial charge >= 0.3 is 0 Å². The lowest BCUT2D eigenvalue weighted by Crippen LogP contribution is -2.41. The number of benzene rings is 1. The summed E-state index contributed by atoms with van der Waals surface area (Å²) in [4.78, 5) is 31.4. The van der Waals surface area contributed by atoms with Gasteiger partial charge < -0.3 is 10.2 Å². The predicted octanol–water partition coefficient (Wildman–Crippen LogP) is 2.59. The molecule has 0 saturated heterocycles. The minimum atomic E-state index is -0.167. The van der Waals surface area contributed by atoms with Crippen molar-refractivity contribution in [3.05, 3.63) is 59.0 Å². The lowest BCUT2D eigenvalue weighted by atomic mass is 10.3. The standard InChI is InChI=1S/C19H21N5O2S2/c1-2-23(12-17(25)20-11-16-9-6-10-27-16)18(26)13-28-19-21-14-24(22-19)15-7-4-3-5-8-15/h3-10,14H,2,11-13H2,1H3,(H,20,25). The van der Waals surface area contributed by atoms with E-state index in [4.69, 9.17) is 0 Å². The van der Waals surface area contributed by atoms with Gasteiger partial charge in [0.15, 0.2) is 0 Å². The molecule has 1 aromatic carbocycles. The number of aromatic nitrogens is 3. The Bertz CT molecular complexity index is 896. The van der Waals surface area contributed by atoms with E-state index in [-0.39, 0.29) is 24.1 Å². The van der Waals surface area contributed by atoms with Gasteiger partial charge in [-0.15, -0.1) is 16.4 Å². The Balaban J connectivity index is 1.47. The zero-order valence-corrected chi connectivity index (χ0v) is 17.1. The highest BCUT2D eigenvalue weighted by atomic mass is 32.2. The molecule has 3 aromatic rings. The van der Waals surface area contributed by atoms with Crippen LogP contribution >= 0.6 is 23.1 Å². The zero-order chi connectivity index (χ0) is 19.8. The van der Waals surface area contributed by atoms with Crippen LogP contribution in [-0.4, -0.2) is 50.3 Å². The molecule has 0 radical (unpaired) electrons. The summed E-state index contributed by atoms with van der Waals surface area (Å²) in [5, 5.41) is 9.71. The number of rotatable bonds is 9. The molecule has 2 heterocycles. The van der Waals surface area contributed by atoms with Crippen LogP contribution in [0.3, 0.4) is 0 Å². The molecule has 0 bridgehead atoms. The highest BCUT2D eigenvalue weighted by molar-refractivity contribution is 7.99. The quantitative estimate of drug-likeness (QED) is 0.544. The zero-order valence-electron chi connectivity index (χ0n) is 15.4. The summed E-state index contributed by atoms with van der Waals surface area (Å²) < 4.78 is 1.67. The lowest BCUT2D eigenvalue weighted by Gasteiger charge is -2.19. The largest absolute Gasteiger partial charge is 0.350 e. The number of thioether (sulfide) groups is 1. The van der Waals surface area contributed by atoms with Crippen molar-refractivity contribution in [1.29, 1.82) is 0 Å². The van der Waals surface area contributed by atoms with Gasteiger partial charge in [-0.2, -0.15) is 0 Å². The van der Waals surface area contributed by atoms with Crippen LogP contribution in [-0.2, 0) is 16.1 Å². The van der Waals surface area contributed by atoms with Crippen LogP contribution in [0.25, 0.3) is 5.69 Å². The molecule has 9 heteroatoms. The third kappa shape index (κ3) is 5.67. The number of hydrogen-bond donors (Lipinski definition) is 1. The van der Waals surface area contributed by atoms with Gasteiger partial charge in [-0.25, -0.2) is 9.67 Å². The van der Waals surface area contributed by atoms with Crippen molar-refractivity contribution in [2.75, 3.05) is 18.8 Å². The van der Waals surface area contributed by atoms with Crippen LogP contribution < -0.4 is 5.32 Å². The maximum absolute atomic E-state index is 12.5. The Morgan fingerprint density at radius 1 is 1.21 bits per heavy atom. The van der Waals surface area contributed by atoms with Gasteiger partial charge in [0.1, 0.15) is 6.33 Å². The van der Waals surface area contributed by atoms with Gasteiger partial charge in [0.05, 0.1) is 24.5 Å². The van der Waals surface area contributed by atoms with Gasteiger partial charge in [-0.1, -0.05) is 36.0 Å². The number of hydrogen-bond acceptors (Lipinski definition) is 6. The maximum atomic E-state index is 12.5. The Morgan fingerprint density at radius 3 is 2.75 bits per heavy atom. The first-order valence-corrected chi connectivity index (χ1v) is 10.7. The average Bonchev–Trinajstić information content (AvgIpc) is 3.41. The van der Waals surface area contributed by atoms with E-state index in [0.29, 0.717) is 18.2 Å². The van der Waals surface area contributed by atoms with Gasteiger partial charge in [-0.05, 0) is 30.5 Å². The Labute approximate surface area is 171 Å². The monoisotopic (exact) mass is 415 g/mol. The normalized spacial score (nSPS) is 10.6. The Hall–Kier alpha value is -2.65. The second-order valence-electron chi connectivity index (χ2n) is 5.86. The van der Waals surface area contributed by atoms with E-state index >= 15 is 0 Å². The number of nitrogens with one attached hydrogen (secondary N) is 1. The summed E-state index contributed by atoms with van der Waals surface area (Å²) in [5.41, 5.74) is 0.908. The van der Waals surface area contributed by atoms with Crippen molar-refractivity contribution in [3.63, 3.8) is 0 Å². The van der Waals surface area contributed by atoms with Crippen LogP contribution in [0, 0.1) is 0 Å². The molecule has 0 aliphatic carbocycles. The number of likely N-dealkylation sites (N-methyl/N-ethyl adjacent to an activating group) is 1. The van der Waals surface area contributed by atoms with Crippen molar-refractivity contribution < 1.29 is 9.59 Å². The second kappa shape index (κ2) is 10.0. The number of para-hydroxylation sites is 1. The minimum Gasteiger partial charge on any atom is -0.350 e. The minimum absolute atomic E-state index is 0.0488. The molecule has 0 saturated carbocycles. The van der Waals surface area contributed by atoms with E-state index < -0.39 is 0 Å². The fourth-order valence-corrected chi connectivity index (χ4v) is 3.79. The molecule has 0 unspecified atom stereocenters. The van der Waals surface area contributed by atoms with Crippen LogP contribution in [0.4, 0.5) is 0 Å². The fourth-order valence-electron chi connectivity index (χ4n) is 2.44. The number of nitrogens with zero attached hydrogens (tertiary/aromatic N) is 4. The van der Waals surface area contributed by atoms with Crippen LogP contribution in [0.15, 0.2) is 59.3 Å². The molecule has 0 fully saturated rings. The second-order valence-corrected chi connectivity index (χ2v) is 7.83. The smallest absolute Gasteiger partial charge is 0.239 e. The number of carbonyl (C=O) groups excluding carboxylic acids is 2. The van der Waals surface area contributed by atoms with Gasteiger partial charge in [0.25, 0.3) is 0 Å². The predicted molar refractivity (Wildman–Crippen MR) is 111 cm³/mol. The topological polar surface area (TPSA) is 80.1 Å². The summed E-state index contributed by atoms with van der Waals surface area (Å²) >= 11 is 2.85. The first-order chi connectivity index (χ1) is 13.7. The van der Waals surface area contributed by atoms with E-state index in [2.05, 4.69) is 15.4 Å². The lowest BCUT2D eigenvalue weighted by molar-refractivity contribution is -0.133. The molecule has 2 amide bonds. The molecule has 0 aliphatic heterocycles. The van der Waals surface area contributed by atoms with E-state index in [0.717, 1.165) is 10.6 Å². The summed E-state index contributed by atoms with van der Waals surface area (Å²) in [7, 11) is 0. The Kier molecular flexibility index (Phi) is 7.21. The van der Waals surface area contributed by atoms with Crippen molar-refractivity contribution in [2.24, 2.45) is 0 Å². The fraction of sp³-hybridized carbons (Fsp3) is 0.263. The third-order valence-electron chi connectivity index (χ3n) is 3.93. The molecule has 146 valence electrons. The first-order valence-electron chi connectivity index (χ1n) is 8.82. The molecular weight excluding hydrogens is 394 g/mol.